The number of phenolic OH excluding ortho intramolecular Hbond substituents is 2. The first kappa shape index (κ1) is 135. The lowest BCUT2D eigenvalue weighted by Gasteiger charge is -2.23. The van der Waals surface area contributed by atoms with Crippen molar-refractivity contribution >= 4 is 153 Å². The molecule has 49 heteroatoms. The standard InChI is InChI=1S/C18H20N2O6.C13H24O4.C12H22O4.C9H16O4.C7H10O5.C7H12O4.C6H10O4S2.C4H6O5.C4H6O4.C3H2O5/c21-13-7-3-1-5-11(13)15(17(23)24)19-9-10-20-16(18(25)26)12-6-2-4-8-14(12)22;14-12(15)10-8-6-4-2-1-3-5-7-9-11-13(16)17;13-11(14)9-7-5-3-1-2-4-6-8-10-12(15)16;1-3-5-9(6-4-2,7(10)11)8(12)13;8-5(1-3-6(9)10)2-4-7(11)12;1-2-3-4-5(6(8)9)7(10)11;7-5(8)1-3-11-12-4-2-6(9)10;1-4(9,2(5)6)3(7)8;1-2(3(5)6)4(7)8;4-1(2(5)6)3(7)8/h1-8,15-16,19-22H,9-10H2,(H,23,24)(H,25,26);1-11H2,(H,14,15)(H,16,17);1-10H2,(H,13,14)(H,15,16);3-6H2,1-2H3,(H,10,11)(H,12,13);1-4H2,(H,9,10)(H,11,12);5H,2-4H2,1H3,(H,8,9)(H,10,11);1-4H2,(H,7,8)(H,9,10);9H,1H3,(H,5,6)(H,7,8);2H,1H3,(H,5,6)(H,7,8);(H,5,6)(H,7,8). The minimum Gasteiger partial charge on any atom is -0.508 e. The highest BCUT2D eigenvalue weighted by Crippen LogP contribution is 2.31. The van der Waals surface area contributed by atoms with E-state index in [0.717, 1.165) is 103 Å². The summed E-state index contributed by atoms with van der Waals surface area (Å²) >= 11 is 0. The predicted octanol–water partition coefficient (Wildman–Crippen LogP) is 9.46. The van der Waals surface area contributed by atoms with Crippen molar-refractivity contribution in [3.8, 4) is 11.5 Å². The molecule has 2 aromatic rings. The number of hydrogen-bond acceptors (Lipinski definition) is 29. The van der Waals surface area contributed by atoms with Crippen molar-refractivity contribution in [1.29, 1.82) is 0 Å². The van der Waals surface area contributed by atoms with E-state index in [9.17, 15) is 126 Å². The van der Waals surface area contributed by atoms with Crippen LogP contribution >= 0.6 is 21.6 Å². The van der Waals surface area contributed by atoms with Gasteiger partial charge in [-0.25, -0.2) is 19.2 Å². The zero-order valence-corrected chi connectivity index (χ0v) is 75.5. The second kappa shape index (κ2) is 83.9. The van der Waals surface area contributed by atoms with E-state index in [2.05, 4.69) is 10.6 Å². The molecule has 0 saturated carbocycles. The van der Waals surface area contributed by atoms with E-state index in [4.69, 9.17) is 97.0 Å². The topological polar surface area (TPSA) is 865 Å². The lowest BCUT2D eigenvalue weighted by atomic mass is 9.79. The van der Waals surface area contributed by atoms with Crippen LogP contribution in [0.4, 0.5) is 0 Å². The molecule has 2 rings (SSSR count). The van der Waals surface area contributed by atoms with Gasteiger partial charge in [0.15, 0.2) is 17.3 Å². The van der Waals surface area contributed by atoms with Crippen molar-refractivity contribution in [3.05, 3.63) is 59.7 Å². The van der Waals surface area contributed by atoms with Gasteiger partial charge in [0.25, 0.3) is 5.60 Å². The van der Waals surface area contributed by atoms with Gasteiger partial charge >= 0.3 is 125 Å². The molecule has 752 valence electrons. The van der Waals surface area contributed by atoms with Crippen molar-refractivity contribution in [2.24, 2.45) is 17.3 Å². The van der Waals surface area contributed by atoms with Crippen LogP contribution in [0.2, 0.25) is 0 Å². The van der Waals surface area contributed by atoms with Crippen LogP contribution in [0.15, 0.2) is 48.5 Å². The summed E-state index contributed by atoms with van der Waals surface area (Å²) in [5, 5.41) is 200. The molecule has 0 aliphatic carbocycles. The number of para-hydroxylation sites is 2. The molecule has 0 amide bonds. The Kier molecular flexibility index (Phi) is 85.7. The Hall–Kier alpha value is -12.6. The predicted molar refractivity (Wildman–Crippen MR) is 465 cm³/mol. The Morgan fingerprint density at radius 1 is 0.318 bits per heavy atom. The zero-order valence-electron chi connectivity index (χ0n) is 73.9. The molecule has 0 fully saturated rings. The van der Waals surface area contributed by atoms with Crippen molar-refractivity contribution in [1.82, 2.24) is 10.6 Å². The number of Topliss-reactive ketones (excluding diaryl/α,β-unsaturated/α-hetero) is 2. The van der Waals surface area contributed by atoms with E-state index >= 15 is 0 Å². The van der Waals surface area contributed by atoms with E-state index in [1.54, 1.807) is 38.1 Å². The van der Waals surface area contributed by atoms with Crippen LogP contribution < -0.4 is 10.6 Å². The second-order valence-corrected chi connectivity index (χ2v) is 30.7. The van der Waals surface area contributed by atoms with Crippen molar-refractivity contribution in [3.63, 3.8) is 0 Å². The number of aliphatic hydroxyl groups is 1. The smallest absolute Gasteiger partial charge is 0.384 e. The maximum atomic E-state index is 11.4. The largest absolute Gasteiger partial charge is 0.508 e. The van der Waals surface area contributed by atoms with Gasteiger partial charge in [-0.1, -0.05) is 188 Å². The zero-order chi connectivity index (χ0) is 104. The minimum atomic E-state index is -2.67. The van der Waals surface area contributed by atoms with Gasteiger partial charge in [-0.3, -0.25) is 96.9 Å². The van der Waals surface area contributed by atoms with Gasteiger partial charge in [0, 0.05) is 74.2 Å². The monoisotopic (exact) mass is 1940 g/mol. The van der Waals surface area contributed by atoms with Gasteiger partial charge in [-0.2, -0.15) is 0 Å². The number of nitrogens with one attached hydrogen (secondary N) is 2. The summed E-state index contributed by atoms with van der Waals surface area (Å²) in [6.45, 7) is 7.53. The summed E-state index contributed by atoms with van der Waals surface area (Å²) in [6, 6.07) is 9.91. The average Bonchev–Trinajstić information content (AvgIpc) is 0.830. The molecule has 132 heavy (non-hydrogen) atoms. The van der Waals surface area contributed by atoms with E-state index < -0.39 is 160 Å². The Labute approximate surface area is 766 Å². The molecule has 0 aromatic heterocycles. The molecule has 0 spiro atoms. The third kappa shape index (κ3) is 83.0. The minimum absolute atomic E-state index is 0.0807. The highest BCUT2D eigenvalue weighted by molar-refractivity contribution is 8.76. The average molecular weight is 1940 g/mol. The molecule has 2 aromatic carbocycles. The van der Waals surface area contributed by atoms with E-state index in [-0.39, 0.29) is 125 Å². The van der Waals surface area contributed by atoms with Gasteiger partial charge in [0.05, 0.1) is 25.7 Å². The van der Waals surface area contributed by atoms with Gasteiger partial charge in [-0.05, 0) is 70.9 Å². The number of unbranched alkanes of at least 4 members (excludes halogenated alkanes) is 16. The van der Waals surface area contributed by atoms with Crippen molar-refractivity contribution < 1.29 is 223 Å². The number of benzene rings is 2. The van der Waals surface area contributed by atoms with E-state index in [1.165, 1.54) is 65.1 Å². The summed E-state index contributed by atoms with van der Waals surface area (Å²) in [6.07, 6.45) is 21.3. The number of carboxylic acids is 20. The molecule has 0 heterocycles. The maximum absolute atomic E-state index is 11.4. The molecule has 0 aliphatic rings. The number of aliphatic carboxylic acids is 20. The normalized spacial score (nSPS) is 10.6. The van der Waals surface area contributed by atoms with Crippen molar-refractivity contribution in [2.75, 3.05) is 24.6 Å². The van der Waals surface area contributed by atoms with E-state index in [0.29, 0.717) is 37.7 Å². The van der Waals surface area contributed by atoms with Gasteiger partial charge in [-0.15, -0.1) is 0 Å². The SMILES string of the molecule is CC(C(=O)O)C(=O)O.CC(O)(C(=O)O)C(=O)O.CCCC(CCC)(C(=O)O)C(=O)O.CCCCC(C(=O)O)C(=O)O.O=C(O)C(=O)C(=O)O.O=C(O)C(NCCNC(C(=O)O)c1ccccc1O)c1ccccc1O.O=C(O)CCC(=O)CCC(=O)O.O=C(O)CCCCCCCCCCC(=O)O.O=C(O)CCCCCCCCCCCC(=O)O.O=C(O)CCSSCCC(=O)O. The highest BCUT2D eigenvalue weighted by atomic mass is 33.1. The maximum Gasteiger partial charge on any atom is 0.384 e. The van der Waals surface area contributed by atoms with Gasteiger partial charge in [0.1, 0.15) is 29.4 Å². The summed E-state index contributed by atoms with van der Waals surface area (Å²) in [5.41, 5.74) is -3.80. The Morgan fingerprint density at radius 2 is 0.576 bits per heavy atom. The molecular formula is C83H128N2O45S2. The fraction of sp³-hybridized carbons (Fsp3) is 0.590. The van der Waals surface area contributed by atoms with Crippen LogP contribution in [-0.4, -0.2) is 279 Å². The number of rotatable bonds is 62. The van der Waals surface area contributed by atoms with Gasteiger partial charge < -0.3 is 117 Å². The fourth-order valence-electron chi connectivity index (χ4n) is 9.50. The van der Waals surface area contributed by atoms with Crippen LogP contribution in [0.25, 0.3) is 0 Å². The molecular weight excluding hydrogens is 1810 g/mol. The number of carbonyl (C=O) groups excluding carboxylic acids is 2. The van der Waals surface area contributed by atoms with Crippen LogP contribution in [0, 0.1) is 17.3 Å². The molecule has 0 saturated heterocycles. The molecule has 0 bridgehead atoms. The van der Waals surface area contributed by atoms with Crippen LogP contribution in [-0.2, 0) is 105 Å². The molecule has 2 unspecified atom stereocenters. The number of carboxylic acid groups (broad SMARTS) is 20. The third-order valence-corrected chi connectivity index (χ3v) is 19.2. The Bertz CT molecular complexity index is 3620. The number of hydrogen-bond donors (Lipinski definition) is 25. The molecule has 47 nitrogen and oxygen atoms in total. The first-order valence-electron chi connectivity index (χ1n) is 41.0. The van der Waals surface area contributed by atoms with Crippen LogP contribution in [0.1, 0.15) is 276 Å². The molecule has 0 aliphatic heterocycles. The third-order valence-electron chi connectivity index (χ3n) is 16.8. The van der Waals surface area contributed by atoms with Crippen LogP contribution in [0.5, 0.6) is 11.5 Å². The Morgan fingerprint density at radius 3 is 0.750 bits per heavy atom. The summed E-state index contributed by atoms with van der Waals surface area (Å²) in [5.74, 6) is -27.7. The number of phenols is 2. The molecule has 2 atom stereocenters. The number of aromatic hydroxyl groups is 2. The Balaban J connectivity index is -0.000000221. The van der Waals surface area contributed by atoms with Crippen molar-refractivity contribution in [2.45, 2.75) is 271 Å². The van der Waals surface area contributed by atoms with Gasteiger partial charge in [0.2, 0.25) is 0 Å². The lowest BCUT2D eigenvalue weighted by Crippen LogP contribution is -2.43. The summed E-state index contributed by atoms with van der Waals surface area (Å²) < 4.78 is 0. The molecule has 25 N–H and O–H groups in total. The summed E-state index contributed by atoms with van der Waals surface area (Å²) in [7, 11) is 2.79. The number of ketones is 2. The lowest BCUT2D eigenvalue weighted by molar-refractivity contribution is -0.174. The summed E-state index contributed by atoms with van der Waals surface area (Å²) in [4.78, 5) is 224. The molecule has 0 radical (unpaired) electrons. The highest BCUT2D eigenvalue weighted by Gasteiger charge is 2.45. The van der Waals surface area contributed by atoms with E-state index in [1.807, 2.05) is 6.92 Å². The van der Waals surface area contributed by atoms with Crippen LogP contribution in [0.3, 0.4) is 0 Å². The number of carbonyl (C=O) groups is 22. The fourth-order valence-corrected chi connectivity index (χ4v) is 11.5. The second-order valence-electron chi connectivity index (χ2n) is 28.0. The first-order chi connectivity index (χ1) is 61.4. The quantitative estimate of drug-likeness (QED) is 0.0127. The first-order valence-corrected chi connectivity index (χ1v) is 43.5.